The van der Waals surface area contributed by atoms with Gasteiger partial charge in [-0.2, -0.15) is 0 Å². The fraction of sp³-hybridized carbons (Fsp3) is 0.571. The standard InChI is InChI=1S/C14H19NO2/c1-14(16-8-13(15)9-17-14)12-6-5-10-3-2-4-11(10)7-12/h5-7,13H,2-4,8-9,15H2,1H3. The number of aryl methyl sites for hydroxylation is 2. The van der Waals surface area contributed by atoms with E-state index >= 15 is 0 Å². The Hall–Kier alpha value is -0.900. The van der Waals surface area contributed by atoms with Crippen molar-refractivity contribution in [3.8, 4) is 0 Å². The minimum Gasteiger partial charge on any atom is -0.344 e. The first kappa shape index (κ1) is 11.2. The Balaban J connectivity index is 1.88. The molecule has 17 heavy (non-hydrogen) atoms. The molecule has 0 saturated carbocycles. The average Bonchev–Trinajstić information content (AvgIpc) is 2.80. The third kappa shape index (κ3) is 1.99. The van der Waals surface area contributed by atoms with Crippen LogP contribution < -0.4 is 5.73 Å². The molecular weight excluding hydrogens is 214 g/mol. The lowest BCUT2D eigenvalue weighted by Gasteiger charge is -2.37. The number of nitrogens with two attached hydrogens (primary N) is 1. The fourth-order valence-electron chi connectivity index (χ4n) is 2.64. The first-order valence-corrected chi connectivity index (χ1v) is 6.33. The monoisotopic (exact) mass is 233 g/mol. The molecule has 3 rings (SSSR count). The molecule has 2 aliphatic rings. The molecule has 1 saturated heterocycles. The maximum atomic E-state index is 5.78. The number of ether oxygens (including phenoxy) is 2. The van der Waals surface area contributed by atoms with Crippen LogP contribution in [0, 0.1) is 0 Å². The highest BCUT2D eigenvalue weighted by Gasteiger charge is 2.34. The van der Waals surface area contributed by atoms with E-state index in [1.54, 1.807) is 0 Å². The second-order valence-corrected chi connectivity index (χ2v) is 5.16. The Kier molecular flexibility index (Phi) is 2.69. The van der Waals surface area contributed by atoms with E-state index in [4.69, 9.17) is 15.2 Å². The molecule has 92 valence electrons. The number of fused-ring (bicyclic) bond motifs is 1. The van der Waals surface area contributed by atoms with Gasteiger partial charge >= 0.3 is 0 Å². The first-order chi connectivity index (χ1) is 8.17. The highest BCUT2D eigenvalue weighted by atomic mass is 16.7. The van der Waals surface area contributed by atoms with Crippen molar-refractivity contribution >= 4 is 0 Å². The van der Waals surface area contributed by atoms with Gasteiger partial charge in [0.15, 0.2) is 5.79 Å². The summed E-state index contributed by atoms with van der Waals surface area (Å²) in [5.41, 5.74) is 9.82. The van der Waals surface area contributed by atoms with Crippen LogP contribution in [0.25, 0.3) is 0 Å². The third-order valence-electron chi connectivity index (χ3n) is 3.77. The molecule has 2 N–H and O–H groups in total. The summed E-state index contributed by atoms with van der Waals surface area (Å²) in [6, 6.07) is 6.57. The van der Waals surface area contributed by atoms with Crippen molar-refractivity contribution in [2.75, 3.05) is 13.2 Å². The van der Waals surface area contributed by atoms with E-state index < -0.39 is 5.79 Å². The SMILES string of the molecule is CC1(c2ccc3c(c2)CCC3)OCC(N)CO1. The zero-order valence-corrected chi connectivity index (χ0v) is 10.2. The second kappa shape index (κ2) is 4.09. The van der Waals surface area contributed by atoms with Crippen molar-refractivity contribution in [1.29, 1.82) is 0 Å². The van der Waals surface area contributed by atoms with Crippen molar-refractivity contribution in [2.24, 2.45) is 5.73 Å². The molecule has 3 heteroatoms. The quantitative estimate of drug-likeness (QED) is 0.803. The van der Waals surface area contributed by atoms with Gasteiger partial charge in [-0.05, 0) is 37.3 Å². The molecular formula is C14H19NO2. The minimum absolute atomic E-state index is 0.00231. The van der Waals surface area contributed by atoms with Crippen molar-refractivity contribution < 1.29 is 9.47 Å². The summed E-state index contributed by atoms with van der Waals surface area (Å²) in [5.74, 6) is -0.618. The largest absolute Gasteiger partial charge is 0.344 e. The Morgan fingerprint density at radius 2 is 1.88 bits per heavy atom. The minimum atomic E-state index is -0.618. The average molecular weight is 233 g/mol. The molecule has 1 aromatic carbocycles. The molecule has 1 fully saturated rings. The van der Waals surface area contributed by atoms with E-state index in [2.05, 4.69) is 18.2 Å². The molecule has 0 atom stereocenters. The van der Waals surface area contributed by atoms with Gasteiger partial charge in [-0.3, -0.25) is 0 Å². The number of hydrogen-bond acceptors (Lipinski definition) is 3. The van der Waals surface area contributed by atoms with Gasteiger partial charge in [-0.15, -0.1) is 0 Å². The van der Waals surface area contributed by atoms with E-state index in [0.717, 1.165) is 5.56 Å². The highest BCUT2D eigenvalue weighted by Crippen LogP contribution is 2.33. The van der Waals surface area contributed by atoms with Crippen molar-refractivity contribution in [3.05, 3.63) is 34.9 Å². The van der Waals surface area contributed by atoms with Crippen molar-refractivity contribution in [3.63, 3.8) is 0 Å². The maximum absolute atomic E-state index is 5.78. The van der Waals surface area contributed by atoms with Crippen molar-refractivity contribution in [1.82, 2.24) is 0 Å². The fourth-order valence-corrected chi connectivity index (χ4v) is 2.64. The normalized spacial score (nSPS) is 32.5. The van der Waals surface area contributed by atoms with Gasteiger partial charge in [0.05, 0.1) is 19.3 Å². The lowest BCUT2D eigenvalue weighted by Crippen LogP contribution is -2.46. The van der Waals surface area contributed by atoms with Gasteiger partial charge in [0.1, 0.15) is 0 Å². The van der Waals surface area contributed by atoms with Gasteiger partial charge in [-0.1, -0.05) is 18.2 Å². The predicted molar refractivity (Wildman–Crippen MR) is 65.7 cm³/mol. The predicted octanol–water partition coefficient (Wildman–Crippen LogP) is 1.72. The molecule has 1 aliphatic heterocycles. The van der Waals surface area contributed by atoms with Crippen LogP contribution >= 0.6 is 0 Å². The summed E-state index contributed by atoms with van der Waals surface area (Å²) >= 11 is 0. The summed E-state index contributed by atoms with van der Waals surface area (Å²) in [4.78, 5) is 0. The Morgan fingerprint density at radius 1 is 1.18 bits per heavy atom. The Labute approximate surface area is 102 Å². The van der Waals surface area contributed by atoms with Crippen LogP contribution in [0.5, 0.6) is 0 Å². The molecule has 1 aromatic rings. The summed E-state index contributed by atoms with van der Waals surface area (Å²) in [6.07, 6.45) is 3.65. The Bertz CT molecular complexity index is 422. The molecule has 0 radical (unpaired) electrons. The van der Waals surface area contributed by atoms with Crippen molar-refractivity contribution in [2.45, 2.75) is 38.0 Å². The number of rotatable bonds is 1. The lowest BCUT2D eigenvalue weighted by molar-refractivity contribution is -0.270. The highest BCUT2D eigenvalue weighted by molar-refractivity contribution is 5.37. The summed E-state index contributed by atoms with van der Waals surface area (Å²) < 4.78 is 11.6. The van der Waals surface area contributed by atoms with Crippen LogP contribution in [0.4, 0.5) is 0 Å². The number of hydrogen-bond donors (Lipinski definition) is 1. The van der Waals surface area contributed by atoms with E-state index in [-0.39, 0.29) is 6.04 Å². The van der Waals surface area contributed by atoms with Crippen LogP contribution in [0.15, 0.2) is 18.2 Å². The topological polar surface area (TPSA) is 44.5 Å². The summed E-state index contributed by atoms with van der Waals surface area (Å²) in [5, 5.41) is 0. The van der Waals surface area contributed by atoms with E-state index in [0.29, 0.717) is 13.2 Å². The second-order valence-electron chi connectivity index (χ2n) is 5.16. The van der Waals surface area contributed by atoms with Gasteiger partial charge in [0.25, 0.3) is 0 Å². The van der Waals surface area contributed by atoms with Crippen LogP contribution in [0.3, 0.4) is 0 Å². The zero-order valence-electron chi connectivity index (χ0n) is 10.2. The Morgan fingerprint density at radius 3 is 2.65 bits per heavy atom. The maximum Gasteiger partial charge on any atom is 0.192 e. The van der Waals surface area contributed by atoms with Crippen LogP contribution in [0.2, 0.25) is 0 Å². The molecule has 1 aliphatic carbocycles. The molecule has 0 amide bonds. The molecule has 0 aromatic heterocycles. The van der Waals surface area contributed by atoms with Gasteiger partial charge in [0.2, 0.25) is 0 Å². The van der Waals surface area contributed by atoms with E-state index in [1.165, 1.54) is 30.4 Å². The molecule has 3 nitrogen and oxygen atoms in total. The smallest absolute Gasteiger partial charge is 0.192 e. The molecule has 0 bridgehead atoms. The van der Waals surface area contributed by atoms with Gasteiger partial charge in [0, 0.05) is 5.56 Å². The first-order valence-electron chi connectivity index (χ1n) is 6.33. The molecule has 0 unspecified atom stereocenters. The van der Waals surface area contributed by atoms with E-state index in [9.17, 15) is 0 Å². The summed E-state index contributed by atoms with van der Waals surface area (Å²) in [6.45, 7) is 3.11. The van der Waals surface area contributed by atoms with E-state index in [1.807, 2.05) is 6.92 Å². The van der Waals surface area contributed by atoms with Gasteiger partial charge < -0.3 is 15.2 Å². The molecule has 1 heterocycles. The summed E-state index contributed by atoms with van der Waals surface area (Å²) in [7, 11) is 0. The third-order valence-corrected chi connectivity index (χ3v) is 3.77. The number of benzene rings is 1. The zero-order chi connectivity index (χ0) is 11.9. The van der Waals surface area contributed by atoms with Crippen LogP contribution in [-0.4, -0.2) is 19.3 Å². The van der Waals surface area contributed by atoms with Crippen LogP contribution in [-0.2, 0) is 28.1 Å². The molecule has 0 spiro atoms. The lowest BCUT2D eigenvalue weighted by atomic mass is 10.0. The van der Waals surface area contributed by atoms with Crippen LogP contribution in [0.1, 0.15) is 30.0 Å². The van der Waals surface area contributed by atoms with Gasteiger partial charge in [-0.25, -0.2) is 0 Å².